The van der Waals surface area contributed by atoms with Crippen molar-refractivity contribution < 1.29 is 17.2 Å². The zero-order valence-electron chi connectivity index (χ0n) is 9.41. The summed E-state index contributed by atoms with van der Waals surface area (Å²) in [4.78, 5) is -0.679. The lowest BCUT2D eigenvalue weighted by Gasteiger charge is -2.08. The molecule has 0 amide bonds. The van der Waals surface area contributed by atoms with Gasteiger partial charge in [-0.25, -0.2) is 21.9 Å². The highest BCUT2D eigenvalue weighted by atomic mass is 32.2. The average Bonchev–Trinajstić information content (AvgIpc) is 2.29. The van der Waals surface area contributed by atoms with Gasteiger partial charge >= 0.3 is 0 Å². The third-order valence-corrected chi connectivity index (χ3v) is 3.61. The number of terminal acetylenes is 1. The number of nitrogen functional groups attached to an aromatic ring is 1. The number of anilines is 1. The lowest BCUT2D eigenvalue weighted by Crippen LogP contribution is -2.26. The number of unbranched alkanes of at least 4 members (excludes halogenated alkanes) is 1. The predicted octanol–water partition coefficient (Wildman–Crippen LogP) is 1.24. The van der Waals surface area contributed by atoms with E-state index in [0.717, 1.165) is 6.07 Å². The number of halogens is 2. The van der Waals surface area contributed by atoms with Crippen LogP contribution in [-0.4, -0.2) is 15.0 Å². The Bertz CT molecular complexity index is 579. The molecule has 0 heterocycles. The smallest absolute Gasteiger partial charge is 0.243 e. The van der Waals surface area contributed by atoms with Crippen molar-refractivity contribution in [2.24, 2.45) is 0 Å². The van der Waals surface area contributed by atoms with E-state index in [0.29, 0.717) is 18.9 Å². The van der Waals surface area contributed by atoms with E-state index in [-0.39, 0.29) is 6.54 Å². The largest absolute Gasteiger partial charge is 0.396 e. The number of nitrogens with one attached hydrogen (secondary N) is 1. The van der Waals surface area contributed by atoms with Gasteiger partial charge in [-0.2, -0.15) is 0 Å². The Kier molecular flexibility index (Phi) is 4.64. The van der Waals surface area contributed by atoms with Crippen molar-refractivity contribution in [3.05, 3.63) is 23.8 Å². The number of rotatable bonds is 5. The van der Waals surface area contributed by atoms with Crippen LogP contribution in [0.1, 0.15) is 12.8 Å². The molecule has 1 aromatic rings. The minimum atomic E-state index is -4.05. The fourth-order valence-corrected chi connectivity index (χ4v) is 2.39. The van der Waals surface area contributed by atoms with E-state index < -0.39 is 32.2 Å². The van der Waals surface area contributed by atoms with Crippen LogP contribution in [0.3, 0.4) is 0 Å². The standard InChI is InChI=1S/C11H12F2N2O2S/c1-2-3-4-5-15-18(16,17)11-7-10(14)8(12)6-9(11)13/h1,6-7,15H,3-5,14H2. The number of benzene rings is 1. The van der Waals surface area contributed by atoms with Crippen molar-refractivity contribution >= 4 is 15.7 Å². The van der Waals surface area contributed by atoms with Gasteiger partial charge in [0.25, 0.3) is 0 Å². The lowest BCUT2D eigenvalue weighted by atomic mass is 10.3. The molecule has 0 spiro atoms. The van der Waals surface area contributed by atoms with Crippen LogP contribution >= 0.6 is 0 Å². The Morgan fingerprint density at radius 1 is 1.33 bits per heavy atom. The van der Waals surface area contributed by atoms with E-state index in [1.165, 1.54) is 0 Å². The van der Waals surface area contributed by atoms with E-state index >= 15 is 0 Å². The van der Waals surface area contributed by atoms with Crippen molar-refractivity contribution in [3.8, 4) is 12.3 Å². The van der Waals surface area contributed by atoms with Gasteiger partial charge in [0.2, 0.25) is 10.0 Å². The van der Waals surface area contributed by atoms with Gasteiger partial charge in [-0.1, -0.05) is 0 Å². The molecule has 1 aromatic carbocycles. The third kappa shape index (κ3) is 3.42. The zero-order chi connectivity index (χ0) is 13.8. The zero-order valence-corrected chi connectivity index (χ0v) is 10.2. The Balaban J connectivity index is 2.92. The minimum absolute atomic E-state index is 0.0727. The second kappa shape index (κ2) is 5.80. The molecule has 0 aliphatic rings. The summed E-state index contributed by atoms with van der Waals surface area (Å²) in [6.45, 7) is 0.0727. The van der Waals surface area contributed by atoms with Crippen LogP contribution in [-0.2, 0) is 10.0 Å². The van der Waals surface area contributed by atoms with E-state index in [1.54, 1.807) is 0 Å². The molecule has 0 atom stereocenters. The third-order valence-electron chi connectivity index (χ3n) is 2.13. The summed E-state index contributed by atoms with van der Waals surface area (Å²) < 4.78 is 51.8. The lowest BCUT2D eigenvalue weighted by molar-refractivity contribution is 0.544. The second-order valence-corrected chi connectivity index (χ2v) is 5.24. The molecule has 7 heteroatoms. The van der Waals surface area contributed by atoms with Crippen molar-refractivity contribution in [1.29, 1.82) is 0 Å². The van der Waals surface area contributed by atoms with Crippen LogP contribution in [0.4, 0.5) is 14.5 Å². The Morgan fingerprint density at radius 2 is 2.00 bits per heavy atom. The highest BCUT2D eigenvalue weighted by Gasteiger charge is 2.20. The van der Waals surface area contributed by atoms with Gasteiger partial charge in [0, 0.05) is 19.0 Å². The maximum atomic E-state index is 13.4. The summed E-state index contributed by atoms with van der Waals surface area (Å²) >= 11 is 0. The van der Waals surface area contributed by atoms with E-state index in [4.69, 9.17) is 12.2 Å². The summed E-state index contributed by atoms with van der Waals surface area (Å²) in [5, 5.41) is 0. The van der Waals surface area contributed by atoms with Gasteiger partial charge in [0.1, 0.15) is 16.5 Å². The quantitative estimate of drug-likeness (QED) is 0.482. The molecule has 1 rings (SSSR count). The van der Waals surface area contributed by atoms with Gasteiger partial charge in [-0.3, -0.25) is 0 Å². The number of nitrogens with two attached hydrogens (primary N) is 1. The van der Waals surface area contributed by atoms with Crippen LogP contribution in [0, 0.1) is 24.0 Å². The molecule has 0 fully saturated rings. The first kappa shape index (κ1) is 14.4. The van der Waals surface area contributed by atoms with Crippen molar-refractivity contribution in [2.75, 3.05) is 12.3 Å². The molecular weight excluding hydrogens is 262 g/mol. The Hall–Kier alpha value is -1.65. The van der Waals surface area contributed by atoms with Crippen LogP contribution in [0.5, 0.6) is 0 Å². The molecule has 0 aliphatic heterocycles. The molecule has 4 nitrogen and oxygen atoms in total. The Labute approximate surface area is 104 Å². The van der Waals surface area contributed by atoms with Crippen LogP contribution in [0.2, 0.25) is 0 Å². The van der Waals surface area contributed by atoms with Crippen molar-refractivity contribution in [3.63, 3.8) is 0 Å². The van der Waals surface area contributed by atoms with Crippen LogP contribution in [0.25, 0.3) is 0 Å². The van der Waals surface area contributed by atoms with Crippen LogP contribution < -0.4 is 10.5 Å². The van der Waals surface area contributed by atoms with Crippen molar-refractivity contribution in [2.45, 2.75) is 17.7 Å². The van der Waals surface area contributed by atoms with E-state index in [2.05, 4.69) is 10.6 Å². The summed E-state index contributed by atoms with van der Waals surface area (Å²) in [7, 11) is -4.05. The highest BCUT2D eigenvalue weighted by molar-refractivity contribution is 7.89. The first-order chi connectivity index (χ1) is 8.38. The fourth-order valence-electron chi connectivity index (χ4n) is 1.23. The molecule has 0 saturated heterocycles. The summed E-state index contributed by atoms with van der Waals surface area (Å²) in [5.41, 5.74) is 4.77. The fraction of sp³-hybridized carbons (Fsp3) is 0.273. The van der Waals surface area contributed by atoms with E-state index in [1.807, 2.05) is 0 Å². The van der Waals surface area contributed by atoms with Crippen molar-refractivity contribution in [1.82, 2.24) is 4.72 Å². The number of hydrogen-bond acceptors (Lipinski definition) is 3. The average molecular weight is 274 g/mol. The second-order valence-electron chi connectivity index (χ2n) is 3.51. The molecule has 0 saturated carbocycles. The SMILES string of the molecule is C#CCCCNS(=O)(=O)c1cc(N)c(F)cc1F. The topological polar surface area (TPSA) is 72.2 Å². The van der Waals surface area contributed by atoms with Gasteiger partial charge < -0.3 is 5.73 Å². The number of hydrogen-bond donors (Lipinski definition) is 2. The van der Waals surface area contributed by atoms with Gasteiger partial charge in [0.05, 0.1) is 5.69 Å². The molecule has 98 valence electrons. The normalized spacial score (nSPS) is 11.2. The molecule has 3 N–H and O–H groups in total. The molecule has 0 aromatic heterocycles. The maximum absolute atomic E-state index is 13.4. The number of sulfonamides is 1. The molecular formula is C11H12F2N2O2S. The molecule has 0 aliphatic carbocycles. The first-order valence-electron chi connectivity index (χ1n) is 5.06. The van der Waals surface area contributed by atoms with E-state index in [9.17, 15) is 17.2 Å². The van der Waals surface area contributed by atoms with Crippen LogP contribution in [0.15, 0.2) is 17.0 Å². The highest BCUT2D eigenvalue weighted by Crippen LogP contribution is 2.20. The predicted molar refractivity (Wildman–Crippen MR) is 64.0 cm³/mol. The van der Waals surface area contributed by atoms with Gasteiger partial charge in [0.15, 0.2) is 0 Å². The molecule has 0 unspecified atom stereocenters. The maximum Gasteiger partial charge on any atom is 0.243 e. The molecule has 0 bridgehead atoms. The molecule has 0 radical (unpaired) electrons. The summed E-state index contributed by atoms with van der Waals surface area (Å²) in [5.74, 6) is 0.153. The van der Waals surface area contributed by atoms with Gasteiger partial charge in [-0.15, -0.1) is 12.3 Å². The first-order valence-corrected chi connectivity index (χ1v) is 6.54. The Morgan fingerprint density at radius 3 is 2.61 bits per heavy atom. The minimum Gasteiger partial charge on any atom is -0.396 e. The van der Waals surface area contributed by atoms with Gasteiger partial charge in [-0.05, 0) is 12.5 Å². The monoisotopic (exact) mass is 274 g/mol. The summed E-state index contributed by atoms with van der Waals surface area (Å²) in [6, 6.07) is 1.18. The molecule has 18 heavy (non-hydrogen) atoms. The summed E-state index contributed by atoms with van der Waals surface area (Å²) in [6.07, 6.45) is 5.83.